The van der Waals surface area contributed by atoms with E-state index in [0.717, 1.165) is 30.0 Å². The van der Waals surface area contributed by atoms with Gasteiger partial charge in [-0.3, -0.25) is 4.79 Å². The number of amides is 1. The lowest BCUT2D eigenvalue weighted by Crippen LogP contribution is -2.43. The molecule has 1 amide bonds. The van der Waals surface area contributed by atoms with Crippen LogP contribution in [0.1, 0.15) is 35.4 Å². The summed E-state index contributed by atoms with van der Waals surface area (Å²) >= 11 is 1.67. The van der Waals surface area contributed by atoms with Crippen LogP contribution in [0.4, 0.5) is 0 Å². The standard InChI is InChI=1S/C22H22N2O2S/c25-22(24-14-7-10-18(16-24)21-23-13-15-27-21)20(17-8-3-1-4-9-17)26-19-11-5-2-6-12-19/h1-6,8-9,11-13,15,18,20H,7,10,14,16H2. The molecule has 0 radical (unpaired) electrons. The van der Waals surface area contributed by atoms with Gasteiger partial charge in [-0.15, -0.1) is 11.3 Å². The summed E-state index contributed by atoms with van der Waals surface area (Å²) in [6.07, 6.45) is 3.27. The van der Waals surface area contributed by atoms with Crippen LogP contribution in [0, 0.1) is 0 Å². The van der Waals surface area contributed by atoms with Gasteiger partial charge in [0.1, 0.15) is 5.75 Å². The third-order valence-corrected chi connectivity index (χ3v) is 5.80. The van der Waals surface area contributed by atoms with Crippen molar-refractivity contribution in [1.29, 1.82) is 0 Å². The summed E-state index contributed by atoms with van der Waals surface area (Å²) in [5.41, 5.74) is 0.878. The molecule has 1 aliphatic rings. The van der Waals surface area contributed by atoms with Crippen LogP contribution in [0.2, 0.25) is 0 Å². The van der Waals surface area contributed by atoms with Crippen molar-refractivity contribution in [2.24, 2.45) is 0 Å². The second-order valence-electron chi connectivity index (χ2n) is 6.72. The topological polar surface area (TPSA) is 42.4 Å². The van der Waals surface area contributed by atoms with Gasteiger partial charge in [0.2, 0.25) is 6.10 Å². The number of thiazole rings is 1. The molecule has 1 aliphatic heterocycles. The lowest BCUT2D eigenvalue weighted by molar-refractivity contribution is -0.140. The lowest BCUT2D eigenvalue weighted by atomic mass is 9.97. The number of hydrogen-bond donors (Lipinski definition) is 0. The molecule has 0 spiro atoms. The summed E-state index contributed by atoms with van der Waals surface area (Å²) in [4.78, 5) is 19.8. The number of aromatic nitrogens is 1. The minimum atomic E-state index is -0.636. The molecule has 5 heteroatoms. The van der Waals surface area contributed by atoms with Crippen molar-refractivity contribution < 1.29 is 9.53 Å². The Hall–Kier alpha value is -2.66. The Kier molecular flexibility index (Phi) is 5.49. The van der Waals surface area contributed by atoms with E-state index in [4.69, 9.17) is 4.74 Å². The maximum atomic E-state index is 13.4. The molecule has 2 heterocycles. The lowest BCUT2D eigenvalue weighted by Gasteiger charge is -2.34. The van der Waals surface area contributed by atoms with Gasteiger partial charge in [0, 0.05) is 36.1 Å². The number of carbonyl (C=O) groups is 1. The fourth-order valence-corrected chi connectivity index (χ4v) is 4.27. The second-order valence-corrected chi connectivity index (χ2v) is 7.64. The van der Waals surface area contributed by atoms with Crippen LogP contribution in [0.25, 0.3) is 0 Å². The molecule has 1 aromatic heterocycles. The second kappa shape index (κ2) is 8.35. The molecule has 4 rings (SSSR count). The Labute approximate surface area is 163 Å². The van der Waals surface area contributed by atoms with Crippen LogP contribution in [0.5, 0.6) is 5.75 Å². The Balaban J connectivity index is 1.56. The molecule has 0 N–H and O–H groups in total. The van der Waals surface area contributed by atoms with Gasteiger partial charge in [-0.1, -0.05) is 48.5 Å². The SMILES string of the molecule is O=C(C(Oc1ccccc1)c1ccccc1)N1CCCC(c2nccs2)C1. The largest absolute Gasteiger partial charge is 0.476 e. The van der Waals surface area contributed by atoms with Crippen molar-refractivity contribution >= 4 is 17.2 Å². The van der Waals surface area contributed by atoms with E-state index in [2.05, 4.69) is 4.98 Å². The Morgan fingerprint density at radius 3 is 2.56 bits per heavy atom. The van der Waals surface area contributed by atoms with Gasteiger partial charge in [0.25, 0.3) is 5.91 Å². The molecule has 2 unspecified atom stereocenters. The van der Waals surface area contributed by atoms with E-state index < -0.39 is 6.10 Å². The van der Waals surface area contributed by atoms with Gasteiger partial charge in [0.15, 0.2) is 0 Å². The minimum Gasteiger partial charge on any atom is -0.476 e. The highest BCUT2D eigenvalue weighted by Crippen LogP contribution is 2.31. The number of ether oxygens (including phenoxy) is 1. The van der Waals surface area contributed by atoms with Crippen molar-refractivity contribution in [2.45, 2.75) is 24.9 Å². The Bertz CT molecular complexity index is 853. The summed E-state index contributed by atoms with van der Waals surface area (Å²) < 4.78 is 6.14. The fraction of sp³-hybridized carbons (Fsp3) is 0.273. The van der Waals surface area contributed by atoms with Crippen LogP contribution in [-0.2, 0) is 4.79 Å². The van der Waals surface area contributed by atoms with E-state index in [1.165, 1.54) is 0 Å². The summed E-state index contributed by atoms with van der Waals surface area (Å²) in [5.74, 6) is 1.04. The number of para-hydroxylation sites is 1. The molecule has 138 valence electrons. The zero-order valence-corrected chi connectivity index (χ0v) is 15.8. The van der Waals surface area contributed by atoms with Crippen molar-refractivity contribution in [1.82, 2.24) is 9.88 Å². The fourth-order valence-electron chi connectivity index (χ4n) is 3.50. The number of rotatable bonds is 5. The molecule has 0 saturated carbocycles. The van der Waals surface area contributed by atoms with Crippen molar-refractivity contribution in [3.63, 3.8) is 0 Å². The van der Waals surface area contributed by atoms with Crippen LogP contribution >= 0.6 is 11.3 Å². The molecular formula is C22H22N2O2S. The quantitative estimate of drug-likeness (QED) is 0.648. The van der Waals surface area contributed by atoms with Crippen LogP contribution < -0.4 is 4.74 Å². The maximum absolute atomic E-state index is 13.4. The average molecular weight is 378 g/mol. The van der Waals surface area contributed by atoms with Crippen molar-refractivity contribution in [3.8, 4) is 5.75 Å². The van der Waals surface area contributed by atoms with Gasteiger partial charge in [0.05, 0.1) is 5.01 Å². The molecule has 4 nitrogen and oxygen atoms in total. The molecule has 2 aromatic carbocycles. The summed E-state index contributed by atoms with van der Waals surface area (Å²) in [6.45, 7) is 1.47. The van der Waals surface area contributed by atoms with Gasteiger partial charge in [-0.05, 0) is 25.0 Å². The van der Waals surface area contributed by atoms with E-state index in [-0.39, 0.29) is 5.91 Å². The van der Waals surface area contributed by atoms with E-state index in [1.807, 2.05) is 77.1 Å². The first-order valence-corrected chi connectivity index (χ1v) is 10.1. The highest BCUT2D eigenvalue weighted by molar-refractivity contribution is 7.09. The maximum Gasteiger partial charge on any atom is 0.268 e. The van der Waals surface area contributed by atoms with E-state index in [1.54, 1.807) is 11.3 Å². The summed E-state index contributed by atoms with van der Waals surface area (Å²) in [7, 11) is 0. The molecule has 1 saturated heterocycles. The number of nitrogens with zero attached hydrogens (tertiary/aromatic N) is 2. The molecule has 27 heavy (non-hydrogen) atoms. The van der Waals surface area contributed by atoms with E-state index in [9.17, 15) is 4.79 Å². The third-order valence-electron chi connectivity index (χ3n) is 4.86. The number of benzene rings is 2. The van der Waals surface area contributed by atoms with Crippen molar-refractivity contribution in [2.75, 3.05) is 13.1 Å². The number of likely N-dealkylation sites (tertiary alicyclic amines) is 1. The van der Waals surface area contributed by atoms with Crippen LogP contribution in [-0.4, -0.2) is 28.9 Å². The molecule has 3 aromatic rings. The van der Waals surface area contributed by atoms with Gasteiger partial charge >= 0.3 is 0 Å². The van der Waals surface area contributed by atoms with Gasteiger partial charge in [-0.2, -0.15) is 0 Å². The average Bonchev–Trinajstić information content (AvgIpc) is 3.28. The van der Waals surface area contributed by atoms with Gasteiger partial charge in [-0.25, -0.2) is 4.98 Å². The Morgan fingerprint density at radius 1 is 1.11 bits per heavy atom. The smallest absolute Gasteiger partial charge is 0.268 e. The normalized spacial score (nSPS) is 18.1. The Morgan fingerprint density at radius 2 is 1.85 bits per heavy atom. The molecular weight excluding hydrogens is 356 g/mol. The van der Waals surface area contributed by atoms with Crippen molar-refractivity contribution in [3.05, 3.63) is 82.8 Å². The number of hydrogen-bond acceptors (Lipinski definition) is 4. The molecule has 0 aliphatic carbocycles. The highest BCUT2D eigenvalue weighted by atomic mass is 32.1. The first-order valence-electron chi connectivity index (χ1n) is 9.26. The number of carbonyl (C=O) groups excluding carboxylic acids is 1. The molecule has 2 atom stereocenters. The monoisotopic (exact) mass is 378 g/mol. The van der Waals surface area contributed by atoms with Crippen LogP contribution in [0.15, 0.2) is 72.2 Å². The minimum absolute atomic E-state index is 0.0197. The predicted molar refractivity (Wildman–Crippen MR) is 107 cm³/mol. The first-order chi connectivity index (χ1) is 13.3. The van der Waals surface area contributed by atoms with E-state index in [0.29, 0.717) is 18.2 Å². The van der Waals surface area contributed by atoms with Crippen LogP contribution in [0.3, 0.4) is 0 Å². The van der Waals surface area contributed by atoms with Gasteiger partial charge < -0.3 is 9.64 Å². The summed E-state index contributed by atoms with van der Waals surface area (Å²) in [5, 5.41) is 3.12. The zero-order valence-electron chi connectivity index (χ0n) is 15.0. The predicted octanol–water partition coefficient (Wildman–Crippen LogP) is 4.67. The highest BCUT2D eigenvalue weighted by Gasteiger charge is 2.32. The molecule has 1 fully saturated rings. The zero-order chi connectivity index (χ0) is 18.5. The summed E-state index contributed by atoms with van der Waals surface area (Å²) in [6, 6.07) is 19.3. The molecule has 0 bridgehead atoms. The number of piperidine rings is 1. The third kappa shape index (κ3) is 4.19. The first kappa shape index (κ1) is 17.7. The van der Waals surface area contributed by atoms with E-state index >= 15 is 0 Å².